The van der Waals surface area contributed by atoms with Gasteiger partial charge in [0.15, 0.2) is 0 Å². The van der Waals surface area contributed by atoms with Crippen LogP contribution in [-0.4, -0.2) is 15.9 Å². The fourth-order valence-electron chi connectivity index (χ4n) is 1.28. The molecule has 0 aliphatic rings. The maximum absolute atomic E-state index is 11.8. The first-order chi connectivity index (χ1) is 9.12. The molecule has 0 aliphatic heterocycles. The van der Waals surface area contributed by atoms with Crippen molar-refractivity contribution in [2.45, 2.75) is 23.8 Å². The number of alkyl halides is 3. The van der Waals surface area contributed by atoms with Gasteiger partial charge in [-0.3, -0.25) is 4.79 Å². The van der Waals surface area contributed by atoms with Crippen molar-refractivity contribution >= 4 is 69.6 Å². The van der Waals surface area contributed by atoms with Gasteiger partial charge in [0.1, 0.15) is 6.17 Å². The van der Waals surface area contributed by atoms with E-state index in [9.17, 15) is 4.79 Å². The average Bonchev–Trinajstić information content (AvgIpc) is 2.32. The molecule has 0 heterocycles. The smallest absolute Gasteiger partial charge is 0.228 e. The molecule has 0 radical (unpaired) electrons. The van der Waals surface area contributed by atoms with E-state index in [-0.39, 0.29) is 16.8 Å². The van der Waals surface area contributed by atoms with Crippen molar-refractivity contribution in [2.75, 3.05) is 5.32 Å². The van der Waals surface area contributed by atoms with Crippen LogP contribution in [0.1, 0.15) is 13.8 Å². The fourth-order valence-corrected chi connectivity index (χ4v) is 1.96. The second-order valence-corrected chi connectivity index (χ2v) is 7.54. The van der Waals surface area contributed by atoms with Crippen LogP contribution in [0.15, 0.2) is 18.2 Å². The predicted molar refractivity (Wildman–Crippen MR) is 87.1 cm³/mol. The minimum Gasteiger partial charge on any atom is -0.361 e. The lowest BCUT2D eigenvalue weighted by atomic mass is 10.2. The Bertz CT molecular complexity index is 487. The van der Waals surface area contributed by atoms with Crippen LogP contribution < -0.4 is 10.6 Å². The molecule has 1 atom stereocenters. The van der Waals surface area contributed by atoms with E-state index in [2.05, 4.69) is 10.6 Å². The molecule has 1 aromatic carbocycles. The maximum atomic E-state index is 11.8. The third kappa shape index (κ3) is 5.05. The van der Waals surface area contributed by atoms with Gasteiger partial charge < -0.3 is 10.6 Å². The van der Waals surface area contributed by atoms with E-state index in [0.717, 1.165) is 0 Å². The Labute approximate surface area is 142 Å². The van der Waals surface area contributed by atoms with E-state index in [1.54, 1.807) is 32.0 Å². The first-order valence-corrected chi connectivity index (χ1v) is 7.59. The molecule has 1 rings (SSSR count). The molecule has 1 aromatic rings. The van der Waals surface area contributed by atoms with Crippen LogP contribution >= 0.6 is 58.0 Å². The second kappa shape index (κ2) is 7.28. The summed E-state index contributed by atoms with van der Waals surface area (Å²) in [4.78, 5) is 11.8. The molecule has 0 aliphatic carbocycles. The quantitative estimate of drug-likeness (QED) is 0.579. The Hall–Kier alpha value is -0.0600. The zero-order valence-corrected chi connectivity index (χ0v) is 14.5. The number of carbonyl (C=O) groups is 1. The lowest BCUT2D eigenvalue weighted by molar-refractivity contribution is -0.124. The summed E-state index contributed by atoms with van der Waals surface area (Å²) in [5.41, 5.74) is 0.458. The van der Waals surface area contributed by atoms with Crippen LogP contribution in [0.5, 0.6) is 0 Å². The van der Waals surface area contributed by atoms with E-state index >= 15 is 0 Å². The highest BCUT2D eigenvalue weighted by molar-refractivity contribution is 6.68. The molecular weight excluding hydrogens is 365 g/mol. The summed E-state index contributed by atoms with van der Waals surface area (Å²) in [5.74, 6) is -0.506. The molecule has 0 spiro atoms. The number of benzene rings is 1. The first-order valence-electron chi connectivity index (χ1n) is 5.70. The van der Waals surface area contributed by atoms with Gasteiger partial charge >= 0.3 is 0 Å². The molecule has 8 heteroatoms. The number of hydrogen-bond acceptors (Lipinski definition) is 2. The van der Waals surface area contributed by atoms with Gasteiger partial charge in [-0.25, -0.2) is 0 Å². The molecule has 20 heavy (non-hydrogen) atoms. The zero-order valence-electron chi connectivity index (χ0n) is 10.7. The highest BCUT2D eigenvalue weighted by Crippen LogP contribution is 2.35. The SMILES string of the molecule is CC(C)C(=O)NC(Nc1cccc(Cl)c1Cl)C(Cl)(Cl)Cl. The van der Waals surface area contributed by atoms with Crippen molar-refractivity contribution in [1.29, 1.82) is 0 Å². The van der Waals surface area contributed by atoms with Crippen molar-refractivity contribution in [3.8, 4) is 0 Å². The van der Waals surface area contributed by atoms with E-state index in [4.69, 9.17) is 58.0 Å². The molecule has 0 bridgehead atoms. The third-order valence-electron chi connectivity index (χ3n) is 2.39. The van der Waals surface area contributed by atoms with Crippen LogP contribution in [0.4, 0.5) is 5.69 Å². The van der Waals surface area contributed by atoms with Gasteiger partial charge in [-0.2, -0.15) is 0 Å². The number of rotatable bonds is 4. The van der Waals surface area contributed by atoms with Gasteiger partial charge in [0.25, 0.3) is 0 Å². The highest BCUT2D eigenvalue weighted by atomic mass is 35.6. The van der Waals surface area contributed by atoms with E-state index in [0.29, 0.717) is 10.7 Å². The molecule has 1 amide bonds. The Kier molecular flexibility index (Phi) is 6.55. The van der Waals surface area contributed by atoms with Gasteiger partial charge in [-0.05, 0) is 12.1 Å². The normalized spacial score (nSPS) is 13.2. The summed E-state index contributed by atoms with van der Waals surface area (Å²) in [5, 5.41) is 6.11. The number of anilines is 1. The van der Waals surface area contributed by atoms with Crippen molar-refractivity contribution in [2.24, 2.45) is 5.92 Å². The minimum atomic E-state index is -1.75. The van der Waals surface area contributed by atoms with E-state index in [1.165, 1.54) is 0 Å². The second-order valence-electron chi connectivity index (χ2n) is 4.38. The molecular formula is C12H13Cl5N2O. The molecule has 1 unspecified atom stereocenters. The molecule has 0 saturated carbocycles. The summed E-state index contributed by atoms with van der Waals surface area (Å²) in [6.45, 7) is 3.47. The summed E-state index contributed by atoms with van der Waals surface area (Å²) in [6, 6.07) is 4.99. The number of amides is 1. The zero-order chi connectivity index (χ0) is 15.5. The van der Waals surface area contributed by atoms with Crippen molar-refractivity contribution in [3.63, 3.8) is 0 Å². The average molecular weight is 379 g/mol. The van der Waals surface area contributed by atoms with Gasteiger partial charge in [-0.15, -0.1) is 0 Å². The predicted octanol–water partition coefficient (Wildman–Crippen LogP) is 4.87. The highest BCUT2D eigenvalue weighted by Gasteiger charge is 2.34. The van der Waals surface area contributed by atoms with Gasteiger partial charge in [0.2, 0.25) is 9.70 Å². The number of nitrogens with one attached hydrogen (secondary N) is 2. The van der Waals surface area contributed by atoms with Crippen molar-refractivity contribution < 1.29 is 4.79 Å². The lowest BCUT2D eigenvalue weighted by Crippen LogP contribution is -2.50. The van der Waals surface area contributed by atoms with Crippen LogP contribution in [-0.2, 0) is 4.79 Å². The van der Waals surface area contributed by atoms with Crippen LogP contribution in [0.2, 0.25) is 10.0 Å². The molecule has 0 saturated heterocycles. The van der Waals surface area contributed by atoms with Crippen LogP contribution in [0.25, 0.3) is 0 Å². The van der Waals surface area contributed by atoms with Crippen LogP contribution in [0.3, 0.4) is 0 Å². The summed E-state index contributed by atoms with van der Waals surface area (Å²) in [6.07, 6.45) is -0.946. The van der Waals surface area contributed by atoms with Gasteiger partial charge in [-0.1, -0.05) is 77.9 Å². The Morgan fingerprint density at radius 3 is 2.30 bits per heavy atom. The molecule has 112 valence electrons. The van der Waals surface area contributed by atoms with Crippen molar-refractivity contribution in [1.82, 2.24) is 5.32 Å². The topological polar surface area (TPSA) is 41.1 Å². The van der Waals surface area contributed by atoms with Crippen LogP contribution in [0, 0.1) is 5.92 Å². The first kappa shape index (κ1) is 18.0. The molecule has 3 nitrogen and oxygen atoms in total. The largest absolute Gasteiger partial charge is 0.361 e. The summed E-state index contributed by atoms with van der Waals surface area (Å²) < 4.78 is -1.75. The standard InChI is InChI=1S/C12H13Cl5N2O/c1-6(2)10(20)19-11(12(15,16)17)18-8-5-3-4-7(13)9(8)14/h3-6,11,18H,1-2H3,(H,19,20). The molecule has 0 fully saturated rings. The number of halogens is 5. The Morgan fingerprint density at radius 1 is 1.20 bits per heavy atom. The van der Waals surface area contributed by atoms with E-state index in [1.807, 2.05) is 0 Å². The van der Waals surface area contributed by atoms with E-state index < -0.39 is 9.96 Å². The lowest BCUT2D eigenvalue weighted by Gasteiger charge is -2.28. The third-order valence-corrected chi connectivity index (χ3v) is 3.86. The summed E-state index contributed by atoms with van der Waals surface area (Å²) >= 11 is 29.6. The van der Waals surface area contributed by atoms with Gasteiger partial charge in [0, 0.05) is 5.92 Å². The fraction of sp³-hybridized carbons (Fsp3) is 0.417. The summed E-state index contributed by atoms with van der Waals surface area (Å²) in [7, 11) is 0. The number of hydrogen-bond donors (Lipinski definition) is 2. The monoisotopic (exact) mass is 376 g/mol. The Balaban J connectivity index is 2.96. The minimum absolute atomic E-state index is 0.249. The molecule has 0 aromatic heterocycles. The van der Waals surface area contributed by atoms with Gasteiger partial charge in [0.05, 0.1) is 15.7 Å². The molecule has 2 N–H and O–H groups in total. The maximum Gasteiger partial charge on any atom is 0.228 e. The Morgan fingerprint density at radius 2 is 1.80 bits per heavy atom. The van der Waals surface area contributed by atoms with Crippen molar-refractivity contribution in [3.05, 3.63) is 28.2 Å². The number of carbonyl (C=O) groups excluding carboxylic acids is 1.